The van der Waals surface area contributed by atoms with Gasteiger partial charge in [0.15, 0.2) is 11.5 Å². The highest BCUT2D eigenvalue weighted by Gasteiger charge is 2.26. The van der Waals surface area contributed by atoms with Crippen molar-refractivity contribution in [1.82, 2.24) is 5.32 Å². The lowest BCUT2D eigenvalue weighted by Gasteiger charge is -2.29. The van der Waals surface area contributed by atoms with Crippen LogP contribution in [-0.4, -0.2) is 31.5 Å². The van der Waals surface area contributed by atoms with Gasteiger partial charge in [-0.1, -0.05) is 18.0 Å². The van der Waals surface area contributed by atoms with Crippen molar-refractivity contribution in [1.29, 1.82) is 0 Å². The molecule has 2 unspecified atom stereocenters. The Morgan fingerprint density at radius 1 is 1.35 bits per heavy atom. The van der Waals surface area contributed by atoms with Crippen LogP contribution < -0.4 is 14.8 Å². The predicted octanol–water partition coefficient (Wildman–Crippen LogP) is 2.75. The number of methoxy groups -OCH3 is 1. The third kappa shape index (κ3) is 3.57. The molecule has 0 aromatic heterocycles. The van der Waals surface area contributed by atoms with Crippen LogP contribution in [0, 0.1) is 0 Å². The van der Waals surface area contributed by atoms with Gasteiger partial charge in [-0.3, -0.25) is 0 Å². The quantitative estimate of drug-likeness (QED) is 0.878. The Morgan fingerprint density at radius 2 is 2.10 bits per heavy atom. The molecular weight excluding hydrogens is 278 g/mol. The van der Waals surface area contributed by atoms with Crippen molar-refractivity contribution in [3.8, 4) is 11.5 Å². The number of rotatable bonds is 5. The standard InChI is InChI=1S/C15H22ClNO3/c1-17-9-10-7-11(16)8-14(19-2)15(10)20-13-6-4-3-5-12(13)18/h7-8,12-13,17-18H,3-6,9H2,1-2H3. The molecular formula is C15H22ClNO3. The van der Waals surface area contributed by atoms with E-state index in [9.17, 15) is 5.11 Å². The first-order valence-electron chi connectivity index (χ1n) is 7.01. The second kappa shape index (κ2) is 7.16. The van der Waals surface area contributed by atoms with Gasteiger partial charge in [0.1, 0.15) is 6.10 Å². The van der Waals surface area contributed by atoms with Gasteiger partial charge in [0.05, 0.1) is 13.2 Å². The van der Waals surface area contributed by atoms with E-state index in [4.69, 9.17) is 21.1 Å². The zero-order valence-electron chi connectivity index (χ0n) is 12.0. The third-order valence-electron chi connectivity index (χ3n) is 3.62. The van der Waals surface area contributed by atoms with E-state index in [-0.39, 0.29) is 6.10 Å². The van der Waals surface area contributed by atoms with Gasteiger partial charge in [-0.05, 0) is 32.4 Å². The SMILES string of the molecule is CNCc1cc(Cl)cc(OC)c1OC1CCCCC1O. The van der Waals surface area contributed by atoms with Crippen LogP contribution in [0.4, 0.5) is 0 Å². The van der Waals surface area contributed by atoms with E-state index >= 15 is 0 Å². The summed E-state index contributed by atoms with van der Waals surface area (Å²) in [6.07, 6.45) is 3.22. The first-order valence-corrected chi connectivity index (χ1v) is 7.39. The number of ether oxygens (including phenoxy) is 2. The largest absolute Gasteiger partial charge is 0.493 e. The molecule has 0 aliphatic heterocycles. The summed E-state index contributed by atoms with van der Waals surface area (Å²) < 4.78 is 11.4. The van der Waals surface area contributed by atoms with E-state index < -0.39 is 6.10 Å². The minimum atomic E-state index is -0.411. The fraction of sp³-hybridized carbons (Fsp3) is 0.600. The van der Waals surface area contributed by atoms with E-state index in [1.165, 1.54) is 0 Å². The van der Waals surface area contributed by atoms with Gasteiger partial charge in [0.2, 0.25) is 0 Å². The maximum Gasteiger partial charge on any atom is 0.166 e. The Bertz CT molecular complexity index is 453. The summed E-state index contributed by atoms with van der Waals surface area (Å²) in [5, 5.41) is 13.8. The van der Waals surface area contributed by atoms with Crippen LogP contribution in [0.2, 0.25) is 5.02 Å². The minimum Gasteiger partial charge on any atom is -0.493 e. The predicted molar refractivity (Wildman–Crippen MR) is 79.7 cm³/mol. The Hall–Kier alpha value is -0.970. The molecule has 1 saturated carbocycles. The Kier molecular flexibility index (Phi) is 5.52. The highest BCUT2D eigenvalue weighted by molar-refractivity contribution is 6.30. The second-order valence-electron chi connectivity index (χ2n) is 5.13. The molecule has 1 aliphatic rings. The molecule has 5 heteroatoms. The summed E-state index contributed by atoms with van der Waals surface area (Å²) >= 11 is 6.10. The molecule has 112 valence electrons. The Labute approximate surface area is 125 Å². The maximum absolute atomic E-state index is 10.1. The topological polar surface area (TPSA) is 50.7 Å². The lowest BCUT2D eigenvalue weighted by atomic mass is 9.94. The molecule has 0 radical (unpaired) electrons. The van der Waals surface area contributed by atoms with Gasteiger partial charge in [0.25, 0.3) is 0 Å². The van der Waals surface area contributed by atoms with Crippen molar-refractivity contribution in [3.63, 3.8) is 0 Å². The molecule has 0 amide bonds. The molecule has 0 bridgehead atoms. The van der Waals surface area contributed by atoms with Crippen molar-refractivity contribution in [2.75, 3.05) is 14.2 Å². The molecule has 20 heavy (non-hydrogen) atoms. The molecule has 1 aromatic carbocycles. The van der Waals surface area contributed by atoms with Gasteiger partial charge in [0, 0.05) is 23.2 Å². The average molecular weight is 300 g/mol. The van der Waals surface area contributed by atoms with Crippen LogP contribution in [0.15, 0.2) is 12.1 Å². The summed E-state index contributed by atoms with van der Waals surface area (Å²) in [7, 11) is 3.46. The fourth-order valence-electron chi connectivity index (χ4n) is 2.60. The fourth-order valence-corrected chi connectivity index (χ4v) is 2.83. The van der Waals surface area contributed by atoms with E-state index in [0.29, 0.717) is 23.1 Å². The van der Waals surface area contributed by atoms with Gasteiger partial charge in [-0.25, -0.2) is 0 Å². The summed E-state index contributed by atoms with van der Waals surface area (Å²) in [5.74, 6) is 1.29. The van der Waals surface area contributed by atoms with Crippen LogP contribution in [0.25, 0.3) is 0 Å². The average Bonchev–Trinajstić information content (AvgIpc) is 2.43. The third-order valence-corrected chi connectivity index (χ3v) is 3.84. The van der Waals surface area contributed by atoms with Crippen LogP contribution >= 0.6 is 11.6 Å². The van der Waals surface area contributed by atoms with E-state index in [1.54, 1.807) is 13.2 Å². The molecule has 2 atom stereocenters. The lowest BCUT2D eigenvalue weighted by Crippen LogP contribution is -2.35. The zero-order chi connectivity index (χ0) is 14.5. The van der Waals surface area contributed by atoms with Crippen molar-refractivity contribution >= 4 is 11.6 Å². The number of benzene rings is 1. The molecule has 0 heterocycles. The molecule has 1 aromatic rings. The zero-order valence-corrected chi connectivity index (χ0v) is 12.7. The van der Waals surface area contributed by atoms with Gasteiger partial charge < -0.3 is 19.9 Å². The van der Waals surface area contributed by atoms with Crippen molar-refractivity contribution in [2.45, 2.75) is 44.4 Å². The summed E-state index contributed by atoms with van der Waals surface area (Å²) in [5.41, 5.74) is 0.939. The van der Waals surface area contributed by atoms with Crippen molar-refractivity contribution in [2.24, 2.45) is 0 Å². The van der Waals surface area contributed by atoms with Gasteiger partial charge in [-0.2, -0.15) is 0 Å². The Balaban J connectivity index is 2.27. The van der Waals surface area contributed by atoms with E-state index in [2.05, 4.69) is 5.32 Å². The molecule has 2 N–H and O–H groups in total. The van der Waals surface area contributed by atoms with Crippen LogP contribution in [0.5, 0.6) is 11.5 Å². The summed E-state index contributed by atoms with van der Waals surface area (Å²) in [6.45, 7) is 0.634. The molecule has 1 fully saturated rings. The molecule has 1 aliphatic carbocycles. The molecule has 2 rings (SSSR count). The highest BCUT2D eigenvalue weighted by Crippen LogP contribution is 2.37. The molecule has 4 nitrogen and oxygen atoms in total. The summed E-state index contributed by atoms with van der Waals surface area (Å²) in [6, 6.07) is 3.61. The molecule has 0 spiro atoms. The summed E-state index contributed by atoms with van der Waals surface area (Å²) in [4.78, 5) is 0. The number of hydrogen-bond donors (Lipinski definition) is 2. The van der Waals surface area contributed by atoms with Crippen LogP contribution in [0.3, 0.4) is 0 Å². The van der Waals surface area contributed by atoms with Crippen LogP contribution in [-0.2, 0) is 6.54 Å². The normalized spacial score (nSPS) is 22.6. The number of nitrogens with one attached hydrogen (secondary N) is 1. The second-order valence-corrected chi connectivity index (χ2v) is 5.57. The van der Waals surface area contributed by atoms with Crippen LogP contribution in [0.1, 0.15) is 31.2 Å². The van der Waals surface area contributed by atoms with E-state index in [0.717, 1.165) is 31.2 Å². The molecule has 0 saturated heterocycles. The van der Waals surface area contributed by atoms with Crippen molar-refractivity contribution < 1.29 is 14.6 Å². The minimum absolute atomic E-state index is 0.172. The number of hydrogen-bond acceptors (Lipinski definition) is 4. The first-order chi connectivity index (χ1) is 9.65. The number of halogens is 1. The van der Waals surface area contributed by atoms with Crippen molar-refractivity contribution in [3.05, 3.63) is 22.7 Å². The smallest absolute Gasteiger partial charge is 0.166 e. The monoisotopic (exact) mass is 299 g/mol. The first kappa shape index (κ1) is 15.4. The van der Waals surface area contributed by atoms with E-state index in [1.807, 2.05) is 13.1 Å². The highest BCUT2D eigenvalue weighted by atomic mass is 35.5. The van der Waals surface area contributed by atoms with Gasteiger partial charge in [-0.15, -0.1) is 0 Å². The van der Waals surface area contributed by atoms with Gasteiger partial charge >= 0.3 is 0 Å². The number of aliphatic hydroxyl groups is 1. The number of aliphatic hydroxyl groups excluding tert-OH is 1. The Morgan fingerprint density at radius 3 is 2.75 bits per heavy atom. The maximum atomic E-state index is 10.1. The lowest BCUT2D eigenvalue weighted by molar-refractivity contribution is 0.00515.